The topological polar surface area (TPSA) is 52.6 Å². The summed E-state index contributed by atoms with van der Waals surface area (Å²) in [5, 5.41) is 0. The SMILES string of the molecule is CCCCCOC(=O)[CH]CC(=O)OCCCCC. The zero-order valence-electron chi connectivity index (χ0n) is 11.6. The molecule has 0 aliphatic heterocycles. The van der Waals surface area contributed by atoms with E-state index in [1.807, 2.05) is 0 Å². The van der Waals surface area contributed by atoms with Gasteiger partial charge in [-0.2, -0.15) is 0 Å². The van der Waals surface area contributed by atoms with Crippen molar-refractivity contribution in [2.45, 2.75) is 58.8 Å². The summed E-state index contributed by atoms with van der Waals surface area (Å²) in [5.41, 5.74) is 0. The largest absolute Gasteiger partial charge is 0.466 e. The van der Waals surface area contributed by atoms with Crippen molar-refractivity contribution >= 4 is 11.9 Å². The predicted molar refractivity (Wildman–Crippen MR) is 69.9 cm³/mol. The summed E-state index contributed by atoms with van der Waals surface area (Å²) in [6.07, 6.45) is 7.27. The van der Waals surface area contributed by atoms with Crippen molar-refractivity contribution in [3.63, 3.8) is 0 Å². The number of carbonyl (C=O) groups excluding carboxylic acids is 2. The normalized spacial score (nSPS) is 10.1. The van der Waals surface area contributed by atoms with Gasteiger partial charge >= 0.3 is 11.9 Å². The highest BCUT2D eigenvalue weighted by molar-refractivity contribution is 5.85. The van der Waals surface area contributed by atoms with Gasteiger partial charge in [-0.05, 0) is 12.8 Å². The van der Waals surface area contributed by atoms with Crippen molar-refractivity contribution in [1.82, 2.24) is 0 Å². The van der Waals surface area contributed by atoms with Crippen LogP contribution in [-0.2, 0) is 19.1 Å². The molecule has 0 fully saturated rings. The number of esters is 2. The van der Waals surface area contributed by atoms with E-state index in [-0.39, 0.29) is 12.4 Å². The summed E-state index contributed by atoms with van der Waals surface area (Å²) in [6, 6.07) is 0. The van der Waals surface area contributed by atoms with Crippen molar-refractivity contribution in [3.05, 3.63) is 6.42 Å². The minimum Gasteiger partial charge on any atom is -0.466 e. The first-order chi connectivity index (χ1) is 8.70. The Labute approximate surface area is 110 Å². The zero-order chi connectivity index (χ0) is 13.6. The standard InChI is InChI=1S/C14H25O4/c1-3-5-7-11-17-13(15)9-10-14(16)18-12-8-6-4-2/h9H,3-8,10-12H2,1-2H3. The molecule has 0 saturated heterocycles. The lowest BCUT2D eigenvalue weighted by molar-refractivity contribution is -0.146. The average molecular weight is 257 g/mol. The van der Waals surface area contributed by atoms with Crippen molar-refractivity contribution in [2.75, 3.05) is 13.2 Å². The van der Waals surface area contributed by atoms with Crippen LogP contribution >= 0.6 is 0 Å². The first-order valence-corrected chi connectivity index (χ1v) is 6.86. The van der Waals surface area contributed by atoms with Gasteiger partial charge in [0.2, 0.25) is 0 Å². The Balaban J connectivity index is 3.39. The molecule has 0 N–H and O–H groups in total. The van der Waals surface area contributed by atoms with E-state index in [4.69, 9.17) is 9.47 Å². The van der Waals surface area contributed by atoms with Crippen molar-refractivity contribution in [3.8, 4) is 0 Å². The summed E-state index contributed by atoms with van der Waals surface area (Å²) in [4.78, 5) is 22.4. The fourth-order valence-corrected chi connectivity index (χ4v) is 1.35. The molecule has 0 bridgehead atoms. The van der Waals surface area contributed by atoms with Gasteiger partial charge in [-0.25, -0.2) is 0 Å². The van der Waals surface area contributed by atoms with E-state index in [1.165, 1.54) is 6.42 Å². The van der Waals surface area contributed by atoms with E-state index >= 15 is 0 Å². The van der Waals surface area contributed by atoms with Crippen LogP contribution < -0.4 is 0 Å². The lowest BCUT2D eigenvalue weighted by atomic mass is 10.2. The van der Waals surface area contributed by atoms with Crippen molar-refractivity contribution in [2.24, 2.45) is 0 Å². The van der Waals surface area contributed by atoms with E-state index < -0.39 is 5.97 Å². The van der Waals surface area contributed by atoms with Gasteiger partial charge in [0.05, 0.1) is 26.1 Å². The highest BCUT2D eigenvalue weighted by atomic mass is 16.5. The quantitative estimate of drug-likeness (QED) is 0.421. The summed E-state index contributed by atoms with van der Waals surface area (Å²) < 4.78 is 9.89. The molecule has 0 unspecified atom stereocenters. The van der Waals surface area contributed by atoms with Gasteiger partial charge in [-0.3, -0.25) is 9.59 Å². The van der Waals surface area contributed by atoms with Gasteiger partial charge < -0.3 is 9.47 Å². The number of unbranched alkanes of at least 4 members (excludes halogenated alkanes) is 4. The second-order valence-corrected chi connectivity index (χ2v) is 4.21. The van der Waals surface area contributed by atoms with Crippen LogP contribution in [0.25, 0.3) is 0 Å². The van der Waals surface area contributed by atoms with E-state index in [0.717, 1.165) is 38.5 Å². The van der Waals surface area contributed by atoms with Crippen LogP contribution in [0.2, 0.25) is 0 Å². The number of hydrogen-bond acceptors (Lipinski definition) is 4. The Morgan fingerprint density at radius 2 is 1.44 bits per heavy atom. The molecule has 4 nitrogen and oxygen atoms in total. The van der Waals surface area contributed by atoms with Crippen LogP contribution in [0.15, 0.2) is 0 Å². The van der Waals surface area contributed by atoms with Gasteiger partial charge in [0.15, 0.2) is 0 Å². The molecule has 4 heteroatoms. The Morgan fingerprint density at radius 3 is 2.00 bits per heavy atom. The monoisotopic (exact) mass is 257 g/mol. The maximum absolute atomic E-state index is 11.2. The Morgan fingerprint density at radius 1 is 0.889 bits per heavy atom. The molecule has 0 heterocycles. The number of rotatable bonds is 11. The van der Waals surface area contributed by atoms with Crippen LogP contribution in [-0.4, -0.2) is 25.2 Å². The summed E-state index contributed by atoms with van der Waals surface area (Å²) >= 11 is 0. The highest BCUT2D eigenvalue weighted by Gasteiger charge is 2.09. The third kappa shape index (κ3) is 11.4. The smallest absolute Gasteiger partial charge is 0.310 e. The third-order valence-corrected chi connectivity index (χ3v) is 2.44. The van der Waals surface area contributed by atoms with Crippen LogP contribution in [0.4, 0.5) is 0 Å². The molecule has 0 saturated carbocycles. The first kappa shape index (κ1) is 16.9. The molecule has 0 aliphatic rings. The van der Waals surface area contributed by atoms with Crippen LogP contribution in [0.5, 0.6) is 0 Å². The highest BCUT2D eigenvalue weighted by Crippen LogP contribution is 2.00. The van der Waals surface area contributed by atoms with E-state index in [1.54, 1.807) is 0 Å². The van der Waals surface area contributed by atoms with Gasteiger partial charge in [-0.15, -0.1) is 0 Å². The first-order valence-electron chi connectivity index (χ1n) is 6.86. The van der Waals surface area contributed by atoms with Crippen LogP contribution in [0.1, 0.15) is 58.8 Å². The Kier molecular flexibility index (Phi) is 11.7. The zero-order valence-corrected chi connectivity index (χ0v) is 11.6. The number of hydrogen-bond donors (Lipinski definition) is 0. The van der Waals surface area contributed by atoms with Crippen molar-refractivity contribution in [1.29, 1.82) is 0 Å². The Hall–Kier alpha value is -1.06. The fraction of sp³-hybridized carbons (Fsp3) is 0.786. The molecule has 0 amide bonds. The Bertz CT molecular complexity index is 202. The summed E-state index contributed by atoms with van der Waals surface area (Å²) in [7, 11) is 0. The maximum atomic E-state index is 11.2. The summed E-state index contributed by atoms with van der Waals surface area (Å²) in [6.45, 7) is 5.04. The molecule has 18 heavy (non-hydrogen) atoms. The van der Waals surface area contributed by atoms with Crippen molar-refractivity contribution < 1.29 is 19.1 Å². The van der Waals surface area contributed by atoms with E-state index in [2.05, 4.69) is 13.8 Å². The molecular formula is C14H25O4. The second-order valence-electron chi connectivity index (χ2n) is 4.21. The maximum Gasteiger partial charge on any atom is 0.310 e. The van der Waals surface area contributed by atoms with Crippen LogP contribution in [0, 0.1) is 6.42 Å². The average Bonchev–Trinajstić information content (AvgIpc) is 2.37. The molecule has 0 aromatic rings. The fourth-order valence-electron chi connectivity index (χ4n) is 1.35. The minimum atomic E-state index is -0.434. The molecule has 0 spiro atoms. The summed E-state index contributed by atoms with van der Waals surface area (Å²) in [5.74, 6) is -0.798. The minimum absolute atomic E-state index is 0.00125. The van der Waals surface area contributed by atoms with E-state index in [9.17, 15) is 9.59 Å². The molecule has 0 atom stereocenters. The number of carbonyl (C=O) groups is 2. The lowest BCUT2D eigenvalue weighted by Gasteiger charge is -2.05. The number of ether oxygens (including phenoxy) is 2. The molecule has 105 valence electrons. The van der Waals surface area contributed by atoms with Gasteiger partial charge in [-0.1, -0.05) is 39.5 Å². The third-order valence-electron chi connectivity index (χ3n) is 2.44. The van der Waals surface area contributed by atoms with Crippen LogP contribution in [0.3, 0.4) is 0 Å². The lowest BCUT2D eigenvalue weighted by Crippen LogP contribution is -2.12. The van der Waals surface area contributed by atoms with Gasteiger partial charge in [0.25, 0.3) is 0 Å². The molecular weight excluding hydrogens is 232 g/mol. The molecule has 0 aromatic heterocycles. The predicted octanol–water partition coefficient (Wildman–Crippen LogP) is 3.05. The van der Waals surface area contributed by atoms with Gasteiger partial charge in [0.1, 0.15) is 0 Å². The van der Waals surface area contributed by atoms with Gasteiger partial charge in [0, 0.05) is 0 Å². The molecule has 0 aliphatic carbocycles. The molecule has 1 radical (unpaired) electrons. The second kappa shape index (κ2) is 12.4. The molecule has 0 aromatic carbocycles. The molecule has 0 rings (SSSR count). The van der Waals surface area contributed by atoms with E-state index in [0.29, 0.717) is 13.2 Å².